The summed E-state index contributed by atoms with van der Waals surface area (Å²) in [6.07, 6.45) is 8.28. The van der Waals surface area contributed by atoms with Crippen LogP contribution in [0.25, 0.3) is 0 Å². The van der Waals surface area contributed by atoms with E-state index >= 15 is 0 Å². The van der Waals surface area contributed by atoms with E-state index in [1.54, 1.807) is 0 Å². The van der Waals surface area contributed by atoms with Crippen LogP contribution in [0.5, 0.6) is 0 Å². The van der Waals surface area contributed by atoms with Crippen LogP contribution in [0, 0.1) is 0 Å². The maximum absolute atomic E-state index is 5.16. The van der Waals surface area contributed by atoms with E-state index in [1.807, 2.05) is 0 Å². The summed E-state index contributed by atoms with van der Waals surface area (Å²) < 4.78 is 4.60. The summed E-state index contributed by atoms with van der Waals surface area (Å²) in [6, 6.07) is 21.2. The van der Waals surface area contributed by atoms with Crippen LogP contribution in [0.3, 0.4) is 0 Å². The van der Waals surface area contributed by atoms with Gasteiger partial charge in [0.1, 0.15) is 11.4 Å². The minimum atomic E-state index is -1.69. The second kappa shape index (κ2) is 10.3. The van der Waals surface area contributed by atoms with Crippen LogP contribution in [0.15, 0.2) is 95.2 Å². The Kier molecular flexibility index (Phi) is 7.69. The average molecular weight is 461 g/mol. The van der Waals surface area contributed by atoms with Crippen molar-refractivity contribution < 1.29 is 0 Å². The summed E-state index contributed by atoms with van der Waals surface area (Å²) in [5.74, 6) is 0. The van der Waals surface area contributed by atoms with Crippen LogP contribution < -0.4 is 0 Å². The van der Waals surface area contributed by atoms with Crippen LogP contribution >= 0.6 is 0 Å². The smallest absolute Gasteiger partial charge is 0.169 e. The summed E-state index contributed by atoms with van der Waals surface area (Å²) in [5.41, 5.74) is 4.42. The monoisotopic (exact) mass is 460 g/mol. The predicted octanol–water partition coefficient (Wildman–Crippen LogP) is 6.50. The van der Waals surface area contributed by atoms with Crippen molar-refractivity contribution in [1.82, 2.24) is 9.35 Å². The van der Waals surface area contributed by atoms with Gasteiger partial charge in [0.25, 0.3) is 0 Å². The molecule has 2 aromatic rings. The molecule has 3 rings (SSSR count). The first-order chi connectivity index (χ1) is 15.1. The van der Waals surface area contributed by atoms with Gasteiger partial charge in [-0.25, -0.2) is 0 Å². The van der Waals surface area contributed by atoms with E-state index in [1.165, 1.54) is 11.1 Å². The SMILES string of the molecule is C[Si](C)(C)N(Cc1ccccc1)N=C1C=CC=CC1=NN(Cc1ccccc1)[Si](C)(C)C. The van der Waals surface area contributed by atoms with E-state index < -0.39 is 16.5 Å². The molecule has 0 N–H and O–H groups in total. The molecule has 0 spiro atoms. The number of allylic oxidation sites excluding steroid dienone is 4. The third-order valence-corrected chi connectivity index (χ3v) is 8.85. The molecule has 0 atom stereocenters. The topological polar surface area (TPSA) is 31.2 Å². The van der Waals surface area contributed by atoms with Gasteiger partial charge < -0.3 is 9.35 Å². The lowest BCUT2D eigenvalue weighted by Crippen LogP contribution is -2.44. The lowest BCUT2D eigenvalue weighted by atomic mass is 10.1. The Morgan fingerprint density at radius 2 is 0.906 bits per heavy atom. The van der Waals surface area contributed by atoms with Crippen LogP contribution in [0.4, 0.5) is 0 Å². The molecule has 0 bridgehead atoms. The van der Waals surface area contributed by atoms with Crippen molar-refractivity contribution >= 4 is 27.9 Å². The molecule has 32 heavy (non-hydrogen) atoms. The van der Waals surface area contributed by atoms with Gasteiger partial charge in [-0.2, -0.15) is 10.2 Å². The number of nitrogens with zero attached hydrogens (tertiary/aromatic N) is 4. The highest BCUT2D eigenvalue weighted by molar-refractivity contribution is 6.74. The van der Waals surface area contributed by atoms with Gasteiger partial charge >= 0.3 is 0 Å². The van der Waals surface area contributed by atoms with E-state index in [0.717, 1.165) is 24.5 Å². The number of benzene rings is 2. The molecule has 168 valence electrons. The van der Waals surface area contributed by atoms with E-state index in [-0.39, 0.29) is 0 Å². The highest BCUT2D eigenvalue weighted by atomic mass is 28.3. The van der Waals surface area contributed by atoms with Gasteiger partial charge in [0.15, 0.2) is 16.5 Å². The van der Waals surface area contributed by atoms with Gasteiger partial charge in [-0.05, 0) is 23.3 Å². The third-order valence-electron chi connectivity index (χ3n) is 5.24. The fraction of sp³-hybridized carbons (Fsp3) is 0.308. The van der Waals surface area contributed by atoms with Crippen LogP contribution in [0.1, 0.15) is 11.1 Å². The van der Waals surface area contributed by atoms with Crippen LogP contribution in [-0.2, 0) is 13.1 Å². The van der Waals surface area contributed by atoms with Gasteiger partial charge in [-0.1, -0.05) is 112 Å². The highest BCUT2D eigenvalue weighted by Crippen LogP contribution is 2.19. The largest absolute Gasteiger partial charge is 0.320 e. The van der Waals surface area contributed by atoms with Crippen molar-refractivity contribution in [2.75, 3.05) is 0 Å². The maximum Gasteiger partial charge on any atom is 0.169 e. The minimum Gasteiger partial charge on any atom is -0.320 e. The fourth-order valence-electron chi connectivity index (χ4n) is 3.25. The van der Waals surface area contributed by atoms with E-state index in [0.29, 0.717) is 0 Å². The molecule has 0 radical (unpaired) electrons. The molecule has 0 aliphatic heterocycles. The molecule has 0 saturated carbocycles. The summed E-state index contributed by atoms with van der Waals surface area (Å²) in [4.78, 5) is 0. The quantitative estimate of drug-likeness (QED) is 0.256. The molecular formula is C26H36N4Si2. The molecule has 1 aliphatic carbocycles. The molecule has 1 aliphatic rings. The summed E-state index contributed by atoms with van der Waals surface area (Å²) >= 11 is 0. The zero-order chi connectivity index (χ0) is 23.2. The van der Waals surface area contributed by atoms with Gasteiger partial charge in [0.2, 0.25) is 0 Å². The maximum atomic E-state index is 5.16. The molecule has 4 nitrogen and oxygen atoms in total. The van der Waals surface area contributed by atoms with Crippen molar-refractivity contribution in [2.45, 2.75) is 52.4 Å². The molecule has 0 amide bonds. The van der Waals surface area contributed by atoms with E-state index in [4.69, 9.17) is 10.2 Å². The Bertz CT molecular complexity index is 914. The number of hydrazone groups is 2. The van der Waals surface area contributed by atoms with Crippen molar-refractivity contribution in [2.24, 2.45) is 10.2 Å². The highest BCUT2D eigenvalue weighted by Gasteiger charge is 2.26. The predicted molar refractivity (Wildman–Crippen MR) is 144 cm³/mol. The Morgan fingerprint density at radius 1 is 0.562 bits per heavy atom. The molecule has 0 saturated heterocycles. The Morgan fingerprint density at radius 3 is 1.22 bits per heavy atom. The van der Waals surface area contributed by atoms with Crippen molar-refractivity contribution in [1.29, 1.82) is 0 Å². The normalized spacial score (nSPS) is 16.6. The molecule has 0 unspecified atom stereocenters. The molecule has 2 aromatic carbocycles. The first-order valence-corrected chi connectivity index (χ1v) is 18.2. The number of rotatable bonds is 8. The summed E-state index contributed by atoms with van der Waals surface area (Å²) in [6.45, 7) is 15.6. The van der Waals surface area contributed by atoms with Crippen molar-refractivity contribution in [3.05, 3.63) is 96.1 Å². The van der Waals surface area contributed by atoms with Gasteiger partial charge in [-0.15, -0.1) is 0 Å². The molecule has 0 aromatic heterocycles. The van der Waals surface area contributed by atoms with E-state index in [2.05, 4.69) is 134 Å². The summed E-state index contributed by atoms with van der Waals surface area (Å²) in [7, 11) is -3.39. The lowest BCUT2D eigenvalue weighted by Gasteiger charge is -2.34. The third kappa shape index (κ3) is 6.90. The first-order valence-electron chi connectivity index (χ1n) is 11.3. The molecule has 6 heteroatoms. The number of hydrogen-bond acceptors (Lipinski definition) is 4. The van der Waals surface area contributed by atoms with Gasteiger partial charge in [0.05, 0.1) is 13.1 Å². The van der Waals surface area contributed by atoms with Gasteiger partial charge in [-0.3, -0.25) is 0 Å². The lowest BCUT2D eigenvalue weighted by molar-refractivity contribution is 0.440. The Balaban J connectivity index is 1.94. The standard InChI is InChI=1S/C26H36N4Si2/c1-31(2,3)29(21-23-15-9-7-10-16-23)27-25-19-13-14-20-26(25)28-30(32(4,5)6)22-24-17-11-8-12-18-24/h7-20H,21-22H2,1-6H3. The van der Waals surface area contributed by atoms with Crippen LogP contribution in [-0.4, -0.2) is 37.2 Å². The minimum absolute atomic E-state index is 0.812. The molecular weight excluding hydrogens is 424 g/mol. The first kappa shape index (κ1) is 23.9. The Labute approximate surface area is 195 Å². The summed E-state index contributed by atoms with van der Waals surface area (Å²) in [5, 5.41) is 10.3. The van der Waals surface area contributed by atoms with Crippen molar-refractivity contribution in [3.63, 3.8) is 0 Å². The second-order valence-electron chi connectivity index (χ2n) is 10.1. The van der Waals surface area contributed by atoms with Crippen molar-refractivity contribution in [3.8, 4) is 0 Å². The van der Waals surface area contributed by atoms with Crippen LogP contribution in [0.2, 0.25) is 39.3 Å². The fourth-order valence-corrected chi connectivity index (χ4v) is 5.38. The molecule has 0 heterocycles. The Hall–Kier alpha value is -2.71. The zero-order valence-corrected chi connectivity index (χ0v) is 22.3. The van der Waals surface area contributed by atoms with Gasteiger partial charge in [0, 0.05) is 0 Å². The zero-order valence-electron chi connectivity index (χ0n) is 20.3. The second-order valence-corrected chi connectivity index (χ2v) is 19.8. The molecule has 0 fully saturated rings. The average Bonchev–Trinajstić information content (AvgIpc) is 2.74. The number of hydrogen-bond donors (Lipinski definition) is 0. The van der Waals surface area contributed by atoms with E-state index in [9.17, 15) is 0 Å².